The van der Waals surface area contributed by atoms with Crippen molar-refractivity contribution in [3.63, 3.8) is 0 Å². The molecule has 22 heavy (non-hydrogen) atoms. The summed E-state index contributed by atoms with van der Waals surface area (Å²) >= 11 is 0. The molecule has 0 spiro atoms. The molecule has 2 rings (SSSR count). The van der Waals surface area contributed by atoms with Crippen molar-refractivity contribution in [2.24, 2.45) is 0 Å². The predicted octanol–water partition coefficient (Wildman–Crippen LogP) is 3.07. The normalized spacial score (nSPS) is 17.1. The maximum Gasteiger partial charge on any atom is 0.366 e. The molecule has 0 aliphatic carbocycles. The fraction of sp³-hybridized carbons (Fsp3) is 0.600. The first kappa shape index (κ1) is 16.2. The molecular weight excluding hydrogens is 286 g/mol. The van der Waals surface area contributed by atoms with Crippen molar-refractivity contribution < 1.29 is 14.5 Å². The molecule has 1 atom stereocenters. The summed E-state index contributed by atoms with van der Waals surface area (Å²) in [6, 6.07) is 2.80. The standard InChI is InChI=1S/C15H21N3O4/c1-3-4-5-6-7-10-17-14-12(22-11(2)15(17)19)8-9-13(16-14)18(20)21/h8-9,11H,3-7,10H2,1-2H3. The first-order valence-electron chi connectivity index (χ1n) is 7.68. The lowest BCUT2D eigenvalue weighted by molar-refractivity contribution is -0.389. The van der Waals surface area contributed by atoms with Gasteiger partial charge in [0.05, 0.1) is 0 Å². The molecule has 1 amide bonds. The summed E-state index contributed by atoms with van der Waals surface area (Å²) in [5.41, 5.74) is 0. The van der Waals surface area contributed by atoms with Crippen LogP contribution in [0, 0.1) is 10.1 Å². The van der Waals surface area contributed by atoms with Crippen LogP contribution in [0.15, 0.2) is 12.1 Å². The van der Waals surface area contributed by atoms with Crippen molar-refractivity contribution in [1.82, 2.24) is 4.98 Å². The fourth-order valence-electron chi connectivity index (χ4n) is 2.47. The van der Waals surface area contributed by atoms with Crippen molar-refractivity contribution in [3.8, 4) is 5.75 Å². The van der Waals surface area contributed by atoms with Gasteiger partial charge in [-0.2, -0.15) is 0 Å². The molecule has 0 bridgehead atoms. The number of carbonyl (C=O) groups excluding carboxylic acids is 1. The van der Waals surface area contributed by atoms with E-state index in [2.05, 4.69) is 11.9 Å². The quantitative estimate of drug-likeness (QED) is 0.439. The smallest absolute Gasteiger partial charge is 0.366 e. The molecule has 0 radical (unpaired) electrons. The lowest BCUT2D eigenvalue weighted by Gasteiger charge is -2.29. The van der Waals surface area contributed by atoms with Gasteiger partial charge in [0, 0.05) is 12.6 Å². The number of pyridine rings is 1. The van der Waals surface area contributed by atoms with Crippen molar-refractivity contribution in [1.29, 1.82) is 0 Å². The minimum absolute atomic E-state index is 0.198. The molecule has 0 saturated heterocycles. The molecular formula is C15H21N3O4. The number of carbonyl (C=O) groups is 1. The van der Waals surface area contributed by atoms with Crippen LogP contribution in [-0.4, -0.2) is 28.5 Å². The zero-order chi connectivity index (χ0) is 16.1. The SMILES string of the molecule is CCCCCCCN1C(=O)C(C)Oc2ccc([N+](=O)[O-])nc21. The van der Waals surface area contributed by atoms with Crippen molar-refractivity contribution in [2.45, 2.75) is 52.1 Å². The van der Waals surface area contributed by atoms with E-state index in [1.54, 1.807) is 6.92 Å². The minimum atomic E-state index is -0.591. The summed E-state index contributed by atoms with van der Waals surface area (Å²) in [4.78, 5) is 28.1. The highest BCUT2D eigenvalue weighted by molar-refractivity contribution is 5.98. The Labute approximate surface area is 129 Å². The number of amides is 1. The number of hydrogen-bond donors (Lipinski definition) is 0. The summed E-state index contributed by atoms with van der Waals surface area (Å²) in [5.74, 6) is 0.204. The van der Waals surface area contributed by atoms with Crippen LogP contribution in [0.4, 0.5) is 11.6 Å². The van der Waals surface area contributed by atoms with Crippen LogP contribution >= 0.6 is 0 Å². The van der Waals surface area contributed by atoms with E-state index in [0.717, 1.165) is 25.7 Å². The Hall–Kier alpha value is -2.18. The highest BCUT2D eigenvalue weighted by atomic mass is 16.6. The van der Waals surface area contributed by atoms with E-state index < -0.39 is 11.0 Å². The van der Waals surface area contributed by atoms with Gasteiger partial charge < -0.3 is 14.9 Å². The van der Waals surface area contributed by atoms with Gasteiger partial charge in [-0.05, 0) is 29.3 Å². The van der Waals surface area contributed by atoms with Gasteiger partial charge in [-0.3, -0.25) is 9.69 Å². The number of ether oxygens (including phenoxy) is 1. The van der Waals surface area contributed by atoms with Gasteiger partial charge in [0.25, 0.3) is 11.7 Å². The van der Waals surface area contributed by atoms with Gasteiger partial charge in [-0.1, -0.05) is 32.6 Å². The molecule has 1 aromatic rings. The van der Waals surface area contributed by atoms with E-state index >= 15 is 0 Å². The number of nitro groups is 1. The molecule has 0 saturated carbocycles. The average molecular weight is 307 g/mol. The van der Waals surface area contributed by atoms with Crippen LogP contribution in [0.5, 0.6) is 5.75 Å². The number of hydrogen-bond acceptors (Lipinski definition) is 5. The zero-order valence-electron chi connectivity index (χ0n) is 12.9. The van der Waals surface area contributed by atoms with E-state index in [0.29, 0.717) is 12.3 Å². The molecule has 1 unspecified atom stereocenters. The zero-order valence-corrected chi connectivity index (χ0v) is 12.9. The van der Waals surface area contributed by atoms with Crippen LogP contribution in [0.2, 0.25) is 0 Å². The Bertz CT molecular complexity index is 562. The third-order valence-corrected chi connectivity index (χ3v) is 3.67. The van der Waals surface area contributed by atoms with Gasteiger partial charge in [-0.15, -0.1) is 0 Å². The summed E-state index contributed by atoms with van der Waals surface area (Å²) in [6.45, 7) is 4.33. The third-order valence-electron chi connectivity index (χ3n) is 3.67. The molecule has 0 aromatic carbocycles. The van der Waals surface area contributed by atoms with E-state index in [-0.39, 0.29) is 17.5 Å². The average Bonchev–Trinajstić information content (AvgIpc) is 2.50. The molecule has 120 valence electrons. The Balaban J connectivity index is 2.15. The van der Waals surface area contributed by atoms with Crippen LogP contribution in [0.1, 0.15) is 46.0 Å². The first-order chi connectivity index (χ1) is 10.5. The van der Waals surface area contributed by atoms with Crippen LogP contribution in [-0.2, 0) is 4.79 Å². The first-order valence-corrected chi connectivity index (χ1v) is 7.68. The molecule has 1 aliphatic rings. The second-order valence-corrected chi connectivity index (χ2v) is 5.41. The van der Waals surface area contributed by atoms with Gasteiger partial charge in [0.15, 0.2) is 11.9 Å². The van der Waals surface area contributed by atoms with Gasteiger partial charge in [0.1, 0.15) is 0 Å². The van der Waals surface area contributed by atoms with Gasteiger partial charge >= 0.3 is 5.82 Å². The Morgan fingerprint density at radius 3 is 2.73 bits per heavy atom. The largest absolute Gasteiger partial charge is 0.475 e. The number of aromatic nitrogens is 1. The van der Waals surface area contributed by atoms with E-state index in [1.807, 2.05) is 0 Å². The summed E-state index contributed by atoms with van der Waals surface area (Å²) in [6.07, 6.45) is 4.74. The van der Waals surface area contributed by atoms with Crippen LogP contribution in [0.3, 0.4) is 0 Å². The fourth-order valence-corrected chi connectivity index (χ4v) is 2.47. The molecule has 7 heteroatoms. The monoisotopic (exact) mass is 307 g/mol. The van der Waals surface area contributed by atoms with Crippen molar-refractivity contribution in [2.75, 3.05) is 11.4 Å². The number of nitrogens with zero attached hydrogens (tertiary/aromatic N) is 3. The minimum Gasteiger partial charge on any atom is -0.475 e. The van der Waals surface area contributed by atoms with E-state index in [9.17, 15) is 14.9 Å². The lowest BCUT2D eigenvalue weighted by atomic mass is 10.1. The Morgan fingerprint density at radius 1 is 1.32 bits per heavy atom. The van der Waals surface area contributed by atoms with Crippen molar-refractivity contribution >= 4 is 17.5 Å². The Kier molecular flexibility index (Phi) is 5.30. The Morgan fingerprint density at radius 2 is 2.05 bits per heavy atom. The topological polar surface area (TPSA) is 85.6 Å². The third kappa shape index (κ3) is 3.52. The summed E-state index contributed by atoms with van der Waals surface area (Å²) in [7, 11) is 0. The van der Waals surface area contributed by atoms with Crippen LogP contribution < -0.4 is 9.64 Å². The maximum atomic E-state index is 12.3. The number of fused-ring (bicyclic) bond motifs is 1. The number of unbranched alkanes of at least 4 members (excludes halogenated alkanes) is 4. The molecule has 1 aliphatic heterocycles. The summed E-state index contributed by atoms with van der Waals surface area (Å²) in [5, 5.41) is 10.9. The molecule has 2 heterocycles. The number of rotatable bonds is 7. The van der Waals surface area contributed by atoms with Crippen LogP contribution in [0.25, 0.3) is 0 Å². The second kappa shape index (κ2) is 7.20. The van der Waals surface area contributed by atoms with E-state index in [4.69, 9.17) is 4.74 Å². The maximum absolute atomic E-state index is 12.3. The molecule has 0 N–H and O–H groups in total. The van der Waals surface area contributed by atoms with Gasteiger partial charge in [0.2, 0.25) is 0 Å². The lowest BCUT2D eigenvalue weighted by Crippen LogP contribution is -2.45. The van der Waals surface area contributed by atoms with E-state index in [1.165, 1.54) is 23.5 Å². The highest BCUT2D eigenvalue weighted by Gasteiger charge is 2.36. The molecule has 1 aromatic heterocycles. The highest BCUT2D eigenvalue weighted by Crippen LogP contribution is 2.34. The second-order valence-electron chi connectivity index (χ2n) is 5.41. The number of anilines is 1. The van der Waals surface area contributed by atoms with Crippen molar-refractivity contribution in [3.05, 3.63) is 22.2 Å². The molecule has 7 nitrogen and oxygen atoms in total. The summed E-state index contributed by atoms with van der Waals surface area (Å²) < 4.78 is 5.48. The molecule has 0 fully saturated rings. The van der Waals surface area contributed by atoms with Gasteiger partial charge in [-0.25, -0.2) is 0 Å². The predicted molar refractivity (Wildman–Crippen MR) is 82.1 cm³/mol.